The number of carbonyl (C=O) groups is 1. The molecule has 0 bridgehead atoms. The van der Waals surface area contributed by atoms with Crippen LogP contribution in [0.2, 0.25) is 5.02 Å². The van der Waals surface area contributed by atoms with E-state index in [1.165, 1.54) is 0 Å². The fourth-order valence-electron chi connectivity index (χ4n) is 1.80. The SMILES string of the molecule is COCCNC(=O)CN(C)C[C@H](O)c1ccccc1Cl. The van der Waals surface area contributed by atoms with E-state index in [0.29, 0.717) is 30.3 Å². The van der Waals surface area contributed by atoms with Crippen molar-refractivity contribution < 1.29 is 14.6 Å². The van der Waals surface area contributed by atoms with Crippen LogP contribution >= 0.6 is 11.6 Å². The van der Waals surface area contributed by atoms with Crippen molar-refractivity contribution in [1.82, 2.24) is 10.2 Å². The molecule has 0 unspecified atom stereocenters. The zero-order valence-corrected chi connectivity index (χ0v) is 12.6. The van der Waals surface area contributed by atoms with E-state index >= 15 is 0 Å². The molecule has 0 aliphatic heterocycles. The van der Waals surface area contributed by atoms with E-state index in [9.17, 15) is 9.90 Å². The fourth-order valence-corrected chi connectivity index (χ4v) is 2.06. The van der Waals surface area contributed by atoms with Gasteiger partial charge in [0.05, 0.1) is 19.3 Å². The van der Waals surface area contributed by atoms with Gasteiger partial charge < -0.3 is 15.2 Å². The Morgan fingerprint density at radius 2 is 2.20 bits per heavy atom. The van der Waals surface area contributed by atoms with Crippen LogP contribution in [0.5, 0.6) is 0 Å². The number of methoxy groups -OCH3 is 1. The van der Waals surface area contributed by atoms with Gasteiger partial charge in [0.25, 0.3) is 0 Å². The van der Waals surface area contributed by atoms with E-state index in [1.54, 1.807) is 31.2 Å². The molecule has 0 fully saturated rings. The lowest BCUT2D eigenvalue weighted by Crippen LogP contribution is -2.38. The number of aliphatic hydroxyl groups excluding tert-OH is 1. The van der Waals surface area contributed by atoms with Crippen LogP contribution in [0.3, 0.4) is 0 Å². The molecule has 6 heteroatoms. The second-order valence-electron chi connectivity index (χ2n) is 4.58. The summed E-state index contributed by atoms with van der Waals surface area (Å²) < 4.78 is 4.85. The number of amides is 1. The Morgan fingerprint density at radius 1 is 1.50 bits per heavy atom. The average molecular weight is 301 g/mol. The lowest BCUT2D eigenvalue weighted by molar-refractivity contribution is -0.122. The molecule has 0 aliphatic rings. The Balaban J connectivity index is 2.40. The van der Waals surface area contributed by atoms with E-state index in [2.05, 4.69) is 5.32 Å². The number of hydrogen-bond acceptors (Lipinski definition) is 4. The largest absolute Gasteiger partial charge is 0.387 e. The molecule has 1 rings (SSSR count). The van der Waals surface area contributed by atoms with Crippen LogP contribution < -0.4 is 5.32 Å². The molecule has 112 valence electrons. The molecular weight excluding hydrogens is 280 g/mol. The number of rotatable bonds is 8. The van der Waals surface area contributed by atoms with Gasteiger partial charge in [0, 0.05) is 30.8 Å². The highest BCUT2D eigenvalue weighted by Gasteiger charge is 2.15. The molecule has 1 aromatic carbocycles. The Kier molecular flexibility index (Phi) is 7.54. The summed E-state index contributed by atoms with van der Waals surface area (Å²) in [4.78, 5) is 13.3. The van der Waals surface area contributed by atoms with Gasteiger partial charge in [-0.25, -0.2) is 0 Å². The number of ether oxygens (including phenoxy) is 1. The summed E-state index contributed by atoms with van der Waals surface area (Å²) in [5, 5.41) is 13.4. The van der Waals surface area contributed by atoms with Gasteiger partial charge in [0.1, 0.15) is 0 Å². The van der Waals surface area contributed by atoms with Crippen molar-refractivity contribution in [2.24, 2.45) is 0 Å². The molecule has 0 saturated carbocycles. The molecule has 2 N–H and O–H groups in total. The first kappa shape index (κ1) is 16.9. The molecule has 0 spiro atoms. The van der Waals surface area contributed by atoms with Crippen LogP contribution in [0.15, 0.2) is 24.3 Å². The Hall–Kier alpha value is -1.14. The number of nitrogens with one attached hydrogen (secondary N) is 1. The van der Waals surface area contributed by atoms with Crippen LogP contribution in [0.4, 0.5) is 0 Å². The second-order valence-corrected chi connectivity index (χ2v) is 4.98. The van der Waals surface area contributed by atoms with Crippen LogP contribution in [0, 0.1) is 0 Å². The molecule has 20 heavy (non-hydrogen) atoms. The molecular formula is C14H21ClN2O3. The zero-order valence-electron chi connectivity index (χ0n) is 11.8. The molecule has 1 atom stereocenters. The maximum absolute atomic E-state index is 11.6. The van der Waals surface area contributed by atoms with Crippen LogP contribution in [0.1, 0.15) is 11.7 Å². The minimum atomic E-state index is -0.722. The summed E-state index contributed by atoms with van der Waals surface area (Å²) in [6.45, 7) is 1.51. The fraction of sp³-hybridized carbons (Fsp3) is 0.500. The van der Waals surface area contributed by atoms with Gasteiger partial charge >= 0.3 is 0 Å². The minimum absolute atomic E-state index is 0.101. The summed E-state index contributed by atoms with van der Waals surface area (Å²) in [6.07, 6.45) is -0.722. The third-order valence-corrected chi connectivity index (χ3v) is 3.13. The summed E-state index contributed by atoms with van der Waals surface area (Å²) >= 11 is 6.02. The quantitative estimate of drug-likeness (QED) is 0.705. The van der Waals surface area contributed by atoms with Crippen molar-refractivity contribution in [3.63, 3.8) is 0 Å². The number of halogens is 1. The Labute approximate surface area is 124 Å². The monoisotopic (exact) mass is 300 g/mol. The van der Waals surface area contributed by atoms with E-state index in [4.69, 9.17) is 16.3 Å². The van der Waals surface area contributed by atoms with E-state index in [-0.39, 0.29) is 12.5 Å². The first-order chi connectivity index (χ1) is 9.54. The molecule has 0 heterocycles. The minimum Gasteiger partial charge on any atom is -0.387 e. The molecule has 0 saturated heterocycles. The lowest BCUT2D eigenvalue weighted by Gasteiger charge is -2.21. The summed E-state index contributed by atoms with van der Waals surface area (Å²) in [5.41, 5.74) is 0.667. The van der Waals surface area contributed by atoms with Crippen molar-refractivity contribution in [3.8, 4) is 0 Å². The lowest BCUT2D eigenvalue weighted by atomic mass is 10.1. The second kappa shape index (κ2) is 8.92. The van der Waals surface area contributed by atoms with Crippen LogP contribution in [-0.2, 0) is 9.53 Å². The zero-order chi connectivity index (χ0) is 15.0. The summed E-state index contributed by atoms with van der Waals surface area (Å²) in [5.74, 6) is -0.101. The van der Waals surface area contributed by atoms with Gasteiger partial charge in [0.15, 0.2) is 0 Å². The van der Waals surface area contributed by atoms with Crippen molar-refractivity contribution in [2.75, 3.05) is 40.4 Å². The Bertz CT molecular complexity index is 429. The first-order valence-electron chi connectivity index (χ1n) is 6.41. The van der Waals surface area contributed by atoms with Gasteiger partial charge in [-0.05, 0) is 13.1 Å². The number of hydrogen-bond donors (Lipinski definition) is 2. The molecule has 0 aromatic heterocycles. The number of benzene rings is 1. The smallest absolute Gasteiger partial charge is 0.234 e. The highest BCUT2D eigenvalue weighted by atomic mass is 35.5. The number of nitrogens with zero attached hydrogens (tertiary/aromatic N) is 1. The molecule has 1 aromatic rings. The third kappa shape index (κ3) is 5.88. The van der Waals surface area contributed by atoms with Crippen molar-refractivity contribution in [2.45, 2.75) is 6.10 Å². The highest BCUT2D eigenvalue weighted by molar-refractivity contribution is 6.31. The first-order valence-corrected chi connectivity index (χ1v) is 6.79. The maximum atomic E-state index is 11.6. The van der Waals surface area contributed by atoms with Gasteiger partial charge in [0.2, 0.25) is 5.91 Å². The maximum Gasteiger partial charge on any atom is 0.234 e. The van der Waals surface area contributed by atoms with Gasteiger partial charge in [-0.3, -0.25) is 9.69 Å². The van der Waals surface area contributed by atoms with Gasteiger partial charge in [-0.15, -0.1) is 0 Å². The molecule has 5 nitrogen and oxygen atoms in total. The molecule has 0 radical (unpaired) electrons. The van der Waals surface area contributed by atoms with Gasteiger partial charge in [-0.2, -0.15) is 0 Å². The molecule has 0 aliphatic carbocycles. The number of aliphatic hydroxyl groups is 1. The number of likely N-dealkylation sites (N-methyl/N-ethyl adjacent to an activating group) is 1. The van der Waals surface area contributed by atoms with Crippen molar-refractivity contribution in [1.29, 1.82) is 0 Å². The summed E-state index contributed by atoms with van der Waals surface area (Å²) in [6, 6.07) is 7.14. The topological polar surface area (TPSA) is 61.8 Å². The van der Waals surface area contributed by atoms with Crippen LogP contribution in [0.25, 0.3) is 0 Å². The van der Waals surface area contributed by atoms with Crippen molar-refractivity contribution >= 4 is 17.5 Å². The third-order valence-electron chi connectivity index (χ3n) is 2.79. The van der Waals surface area contributed by atoms with Gasteiger partial charge in [-0.1, -0.05) is 29.8 Å². The van der Waals surface area contributed by atoms with Crippen molar-refractivity contribution in [3.05, 3.63) is 34.9 Å². The predicted molar refractivity (Wildman–Crippen MR) is 78.8 cm³/mol. The van der Waals surface area contributed by atoms with E-state index in [0.717, 1.165) is 0 Å². The highest BCUT2D eigenvalue weighted by Crippen LogP contribution is 2.22. The Morgan fingerprint density at radius 3 is 2.85 bits per heavy atom. The van der Waals surface area contributed by atoms with E-state index < -0.39 is 6.10 Å². The normalized spacial score (nSPS) is 12.4. The van der Waals surface area contributed by atoms with E-state index in [1.807, 2.05) is 12.1 Å². The number of carbonyl (C=O) groups excluding carboxylic acids is 1. The summed E-state index contributed by atoms with van der Waals surface area (Å²) in [7, 11) is 3.36. The average Bonchev–Trinajstić information content (AvgIpc) is 2.39. The molecule has 1 amide bonds. The van der Waals surface area contributed by atoms with Crippen LogP contribution in [-0.4, -0.2) is 56.3 Å². The predicted octanol–water partition coefficient (Wildman–Crippen LogP) is 1.07. The standard InChI is InChI=1S/C14H21ClN2O3/c1-17(10-14(19)16-7-8-20-2)9-13(18)11-5-3-4-6-12(11)15/h3-6,13,18H,7-10H2,1-2H3,(H,16,19)/t13-/m0/s1.